The number of hydrogen-bond donors (Lipinski definition) is 1. The lowest BCUT2D eigenvalue weighted by molar-refractivity contribution is 0.0691. The summed E-state index contributed by atoms with van der Waals surface area (Å²) >= 11 is 13.2. The summed E-state index contributed by atoms with van der Waals surface area (Å²) in [6.45, 7) is 3.63. The molecule has 0 aliphatic heterocycles. The monoisotopic (exact) mass is 341 g/mol. The van der Waals surface area contributed by atoms with Gasteiger partial charge in [0.05, 0.1) is 15.6 Å². The van der Waals surface area contributed by atoms with Crippen molar-refractivity contribution in [2.75, 3.05) is 0 Å². The molecule has 0 atom stereocenters. The van der Waals surface area contributed by atoms with Gasteiger partial charge in [0, 0.05) is 11.4 Å². The van der Waals surface area contributed by atoms with Crippen LogP contribution >= 0.6 is 35.0 Å². The molecule has 0 saturated heterocycles. The minimum absolute atomic E-state index is 0.255. The maximum absolute atomic E-state index is 11.4. The van der Waals surface area contributed by atoms with E-state index < -0.39 is 5.97 Å². The maximum atomic E-state index is 11.4. The van der Waals surface area contributed by atoms with Gasteiger partial charge in [0.15, 0.2) is 0 Å². The molecule has 0 spiro atoms. The van der Waals surface area contributed by atoms with Crippen LogP contribution in [0.15, 0.2) is 29.3 Å². The minimum Gasteiger partial charge on any atom is -0.478 e. The van der Waals surface area contributed by atoms with Crippen LogP contribution < -0.4 is 0 Å². The van der Waals surface area contributed by atoms with Crippen molar-refractivity contribution in [1.82, 2.24) is 4.98 Å². The molecule has 0 unspecified atom stereocenters. The van der Waals surface area contributed by atoms with Crippen molar-refractivity contribution in [1.29, 1.82) is 0 Å². The third kappa shape index (κ3) is 3.90. The Morgan fingerprint density at radius 2 is 1.95 bits per heavy atom. The zero-order valence-electron chi connectivity index (χ0n) is 11.5. The van der Waals surface area contributed by atoms with Gasteiger partial charge < -0.3 is 5.11 Å². The second-order valence-electron chi connectivity index (χ2n) is 4.60. The van der Waals surface area contributed by atoms with Crippen LogP contribution in [0.4, 0.5) is 0 Å². The molecule has 0 amide bonds. The molecular formula is C15H13Cl2NO2S. The van der Waals surface area contributed by atoms with E-state index in [-0.39, 0.29) is 5.56 Å². The Bertz CT molecular complexity index is 704. The van der Waals surface area contributed by atoms with Crippen LogP contribution in [0.1, 0.15) is 27.2 Å². The van der Waals surface area contributed by atoms with Crippen LogP contribution in [-0.2, 0) is 5.75 Å². The fraction of sp³-hybridized carbons (Fsp3) is 0.200. The topological polar surface area (TPSA) is 50.2 Å². The zero-order chi connectivity index (χ0) is 15.6. The van der Waals surface area contributed by atoms with E-state index in [4.69, 9.17) is 23.2 Å². The number of aryl methyl sites for hydroxylation is 2. The summed E-state index contributed by atoms with van der Waals surface area (Å²) in [6, 6.07) is 7.14. The van der Waals surface area contributed by atoms with Gasteiger partial charge in [-0.3, -0.25) is 0 Å². The smallest absolute Gasteiger partial charge is 0.338 e. The first-order valence-electron chi connectivity index (χ1n) is 6.16. The van der Waals surface area contributed by atoms with Gasteiger partial charge >= 0.3 is 5.97 Å². The van der Waals surface area contributed by atoms with Gasteiger partial charge in [0.1, 0.15) is 5.03 Å². The number of benzene rings is 1. The molecule has 0 bridgehead atoms. The second kappa shape index (κ2) is 6.69. The lowest BCUT2D eigenvalue weighted by Gasteiger charge is -2.09. The van der Waals surface area contributed by atoms with E-state index in [1.165, 1.54) is 11.8 Å². The number of carbonyl (C=O) groups is 1. The summed E-state index contributed by atoms with van der Waals surface area (Å²) in [5, 5.41) is 10.8. The van der Waals surface area contributed by atoms with Gasteiger partial charge in [-0.15, -0.1) is 11.8 Å². The van der Waals surface area contributed by atoms with Gasteiger partial charge in [-0.05, 0) is 43.2 Å². The molecule has 0 saturated carbocycles. The van der Waals surface area contributed by atoms with Crippen molar-refractivity contribution in [2.45, 2.75) is 24.6 Å². The summed E-state index contributed by atoms with van der Waals surface area (Å²) in [4.78, 5) is 15.7. The highest BCUT2D eigenvalue weighted by Crippen LogP contribution is 2.29. The third-order valence-corrected chi connectivity index (χ3v) is 4.67. The van der Waals surface area contributed by atoms with Crippen LogP contribution in [0.3, 0.4) is 0 Å². The predicted molar refractivity (Wildman–Crippen MR) is 86.7 cm³/mol. The van der Waals surface area contributed by atoms with E-state index in [9.17, 15) is 9.90 Å². The van der Waals surface area contributed by atoms with Gasteiger partial charge in [-0.25, -0.2) is 9.78 Å². The first-order valence-corrected chi connectivity index (χ1v) is 7.91. The van der Waals surface area contributed by atoms with Crippen LogP contribution in [0.2, 0.25) is 10.0 Å². The van der Waals surface area contributed by atoms with Gasteiger partial charge in [0.25, 0.3) is 0 Å². The quantitative estimate of drug-likeness (QED) is 0.795. The van der Waals surface area contributed by atoms with Crippen LogP contribution in [-0.4, -0.2) is 16.1 Å². The van der Waals surface area contributed by atoms with Crippen molar-refractivity contribution in [3.05, 3.63) is 56.7 Å². The van der Waals surface area contributed by atoms with Crippen molar-refractivity contribution in [3.8, 4) is 0 Å². The molecule has 110 valence electrons. The molecule has 2 aromatic rings. The molecule has 6 heteroatoms. The maximum Gasteiger partial charge on any atom is 0.338 e. The summed E-state index contributed by atoms with van der Waals surface area (Å²) in [5.41, 5.74) is 2.73. The van der Waals surface area contributed by atoms with E-state index in [0.29, 0.717) is 26.4 Å². The number of halogens is 2. The Kier molecular flexibility index (Phi) is 5.14. The number of carboxylic acids is 1. The molecule has 1 heterocycles. The fourth-order valence-corrected chi connectivity index (χ4v) is 3.35. The standard InChI is InChI=1S/C15H13Cl2NO2S/c1-8-5-9(2)18-14(13(8)15(19)20)21-7-10-3-4-11(16)12(17)6-10/h3-6H,7H2,1-2H3,(H,19,20). The van der Waals surface area contributed by atoms with Crippen LogP contribution in [0.5, 0.6) is 0 Å². The Morgan fingerprint density at radius 3 is 2.57 bits per heavy atom. The first-order chi connectivity index (χ1) is 9.88. The Hall–Kier alpha value is -1.23. The molecule has 0 aliphatic carbocycles. The summed E-state index contributed by atoms with van der Waals surface area (Å²) in [6.07, 6.45) is 0. The van der Waals surface area contributed by atoms with E-state index in [1.54, 1.807) is 25.1 Å². The second-order valence-corrected chi connectivity index (χ2v) is 6.38. The minimum atomic E-state index is -0.961. The SMILES string of the molecule is Cc1cc(C)c(C(=O)O)c(SCc2ccc(Cl)c(Cl)c2)n1. The van der Waals surface area contributed by atoms with E-state index in [0.717, 1.165) is 11.3 Å². The molecule has 21 heavy (non-hydrogen) atoms. The van der Waals surface area contributed by atoms with Gasteiger partial charge in [-0.2, -0.15) is 0 Å². The molecule has 2 rings (SSSR count). The van der Waals surface area contributed by atoms with Gasteiger partial charge in [0.2, 0.25) is 0 Å². The van der Waals surface area contributed by atoms with Crippen molar-refractivity contribution < 1.29 is 9.90 Å². The number of hydrogen-bond acceptors (Lipinski definition) is 3. The number of thioether (sulfide) groups is 1. The molecule has 0 aliphatic rings. The lowest BCUT2D eigenvalue weighted by atomic mass is 10.1. The van der Waals surface area contributed by atoms with Crippen molar-refractivity contribution in [3.63, 3.8) is 0 Å². The number of rotatable bonds is 4. The molecule has 0 fully saturated rings. The molecule has 0 radical (unpaired) electrons. The van der Waals surface area contributed by atoms with Crippen molar-refractivity contribution >= 4 is 40.9 Å². The number of carboxylic acid groups (broad SMARTS) is 1. The van der Waals surface area contributed by atoms with Crippen LogP contribution in [0, 0.1) is 13.8 Å². The first kappa shape index (κ1) is 16.1. The van der Waals surface area contributed by atoms with E-state index in [1.807, 2.05) is 13.0 Å². The average Bonchev–Trinajstić information content (AvgIpc) is 2.38. The highest BCUT2D eigenvalue weighted by molar-refractivity contribution is 7.98. The molecule has 3 nitrogen and oxygen atoms in total. The lowest BCUT2D eigenvalue weighted by Crippen LogP contribution is -2.05. The number of aromatic carboxylic acids is 1. The summed E-state index contributed by atoms with van der Waals surface area (Å²) < 4.78 is 0. The molecule has 1 aromatic carbocycles. The summed E-state index contributed by atoms with van der Waals surface area (Å²) in [5.74, 6) is -0.385. The number of pyridine rings is 1. The highest BCUT2D eigenvalue weighted by atomic mass is 35.5. The predicted octanol–water partition coefficient (Wildman–Crippen LogP) is 5.00. The average molecular weight is 342 g/mol. The largest absolute Gasteiger partial charge is 0.478 e. The van der Waals surface area contributed by atoms with E-state index in [2.05, 4.69) is 4.98 Å². The molecule has 1 N–H and O–H groups in total. The number of nitrogens with zero attached hydrogens (tertiary/aromatic N) is 1. The number of aromatic nitrogens is 1. The Labute approximate surface area is 137 Å². The zero-order valence-corrected chi connectivity index (χ0v) is 13.8. The van der Waals surface area contributed by atoms with Crippen LogP contribution in [0.25, 0.3) is 0 Å². The van der Waals surface area contributed by atoms with E-state index >= 15 is 0 Å². The molecule has 1 aromatic heterocycles. The fourth-order valence-electron chi connectivity index (χ4n) is 1.95. The third-order valence-electron chi connectivity index (χ3n) is 2.88. The Morgan fingerprint density at radius 1 is 1.24 bits per heavy atom. The van der Waals surface area contributed by atoms with Crippen molar-refractivity contribution in [2.24, 2.45) is 0 Å². The highest BCUT2D eigenvalue weighted by Gasteiger charge is 2.16. The normalized spacial score (nSPS) is 10.7. The molecular weight excluding hydrogens is 329 g/mol. The Balaban J connectivity index is 2.27. The van der Waals surface area contributed by atoms with Gasteiger partial charge in [-0.1, -0.05) is 29.3 Å². The summed E-state index contributed by atoms with van der Waals surface area (Å²) in [7, 11) is 0.